The van der Waals surface area contributed by atoms with E-state index in [1.165, 1.54) is 0 Å². The molecule has 0 saturated heterocycles. The van der Waals surface area contributed by atoms with Crippen LogP contribution in [0.5, 0.6) is 5.75 Å². The molecule has 192 valence electrons. The molecule has 0 bridgehead atoms. The molecule has 1 aromatic heterocycles. The van der Waals surface area contributed by atoms with E-state index in [1.807, 2.05) is 81.4 Å². The zero-order valence-corrected chi connectivity index (χ0v) is 22.0. The Labute approximate surface area is 221 Å². The summed E-state index contributed by atoms with van der Waals surface area (Å²) in [7, 11) is 0. The second-order valence-corrected chi connectivity index (χ2v) is 9.83. The fraction of sp³-hybridized carbons (Fsp3) is 0.267. The van der Waals surface area contributed by atoms with E-state index < -0.39 is 5.97 Å². The maximum atomic E-state index is 12.7. The summed E-state index contributed by atoms with van der Waals surface area (Å²) in [5.74, 6) is -0.586. The third-order valence-corrected chi connectivity index (χ3v) is 6.27. The van der Waals surface area contributed by atoms with Gasteiger partial charge in [-0.05, 0) is 85.3 Å². The van der Waals surface area contributed by atoms with E-state index in [0.29, 0.717) is 34.5 Å². The van der Waals surface area contributed by atoms with E-state index in [-0.39, 0.29) is 17.7 Å². The Morgan fingerprint density at radius 2 is 1.84 bits per heavy atom. The molecule has 6 nitrogen and oxygen atoms in total. The number of carbonyl (C=O) groups is 2. The minimum Gasteiger partial charge on any atom is -0.491 e. The van der Waals surface area contributed by atoms with Gasteiger partial charge in [-0.1, -0.05) is 49.2 Å². The minimum atomic E-state index is -1.13. The molecular weight excluding hydrogens is 488 g/mol. The number of fused-ring (bicyclic) bond motifs is 1. The van der Waals surface area contributed by atoms with E-state index >= 15 is 0 Å². The molecule has 0 fully saturated rings. The average molecular weight is 519 g/mol. The number of benzene rings is 3. The van der Waals surface area contributed by atoms with E-state index in [0.717, 1.165) is 40.8 Å². The number of H-pyrrole nitrogens is 1. The maximum absolute atomic E-state index is 12.7. The Hall–Kier alpha value is -3.77. The van der Waals surface area contributed by atoms with Crippen molar-refractivity contribution in [3.05, 3.63) is 82.5 Å². The molecule has 0 unspecified atom stereocenters. The van der Waals surface area contributed by atoms with Gasteiger partial charge in [0.2, 0.25) is 5.91 Å². The van der Waals surface area contributed by atoms with Crippen LogP contribution in [0, 0.1) is 0 Å². The fourth-order valence-corrected chi connectivity index (χ4v) is 4.65. The number of amides is 1. The van der Waals surface area contributed by atoms with Crippen molar-refractivity contribution in [2.45, 2.75) is 52.6 Å². The first-order chi connectivity index (χ1) is 17.7. The third kappa shape index (κ3) is 6.33. The van der Waals surface area contributed by atoms with E-state index in [4.69, 9.17) is 16.3 Å². The lowest BCUT2D eigenvalue weighted by Gasteiger charge is -2.13. The molecule has 4 rings (SSSR count). The van der Waals surface area contributed by atoms with Crippen LogP contribution in [0.15, 0.2) is 60.7 Å². The number of aromatic amines is 1. The third-order valence-electron chi connectivity index (χ3n) is 6.04. The topological polar surface area (TPSA) is 91.4 Å². The van der Waals surface area contributed by atoms with Gasteiger partial charge in [-0.25, -0.2) is 4.79 Å². The van der Waals surface area contributed by atoms with Crippen LogP contribution in [-0.2, 0) is 11.2 Å². The van der Waals surface area contributed by atoms with Crippen molar-refractivity contribution < 1.29 is 19.4 Å². The zero-order valence-electron chi connectivity index (χ0n) is 21.2. The van der Waals surface area contributed by atoms with Gasteiger partial charge >= 0.3 is 5.97 Å². The standard InChI is InChI=1S/C30H31ClN2O4/c1-4-5-12-26(34)33-28-27-22(13-19-8-6-10-23(31)14-19)15-21(17-25(27)32-29(28)30(35)36)20-9-7-11-24(16-20)37-18(2)3/h6-11,14-18,32H,4-5,12-13H2,1-3H3,(H,33,34)(H,35,36). The normalized spacial score (nSPS) is 11.2. The van der Waals surface area contributed by atoms with Gasteiger partial charge in [-0.2, -0.15) is 0 Å². The first-order valence-corrected chi connectivity index (χ1v) is 12.9. The molecule has 0 aliphatic heterocycles. The summed E-state index contributed by atoms with van der Waals surface area (Å²) in [6, 6.07) is 19.3. The molecule has 7 heteroatoms. The lowest BCUT2D eigenvalue weighted by atomic mass is 9.95. The lowest BCUT2D eigenvalue weighted by Crippen LogP contribution is -2.14. The second kappa shape index (κ2) is 11.5. The number of anilines is 1. The predicted octanol–water partition coefficient (Wildman–Crippen LogP) is 7.69. The monoisotopic (exact) mass is 518 g/mol. The molecule has 37 heavy (non-hydrogen) atoms. The Bertz CT molecular complexity index is 1440. The first-order valence-electron chi connectivity index (χ1n) is 12.5. The number of aromatic nitrogens is 1. The smallest absolute Gasteiger partial charge is 0.354 e. The summed E-state index contributed by atoms with van der Waals surface area (Å²) in [6.45, 7) is 5.96. The van der Waals surface area contributed by atoms with Crippen LogP contribution < -0.4 is 10.1 Å². The Balaban J connectivity index is 1.90. The quantitative estimate of drug-likeness (QED) is 0.200. The number of hydrogen-bond acceptors (Lipinski definition) is 3. The Kier molecular flexibility index (Phi) is 8.19. The highest BCUT2D eigenvalue weighted by Crippen LogP contribution is 2.37. The Morgan fingerprint density at radius 3 is 2.54 bits per heavy atom. The molecule has 3 aromatic carbocycles. The molecular formula is C30H31ClN2O4. The number of ether oxygens (including phenoxy) is 1. The SMILES string of the molecule is CCCCC(=O)Nc1c(C(=O)O)[nH]c2cc(-c3cccc(OC(C)C)c3)cc(Cc3cccc(Cl)c3)c12. The van der Waals surface area contributed by atoms with Crippen LogP contribution in [0.25, 0.3) is 22.0 Å². The van der Waals surface area contributed by atoms with Crippen LogP contribution >= 0.6 is 11.6 Å². The first kappa shape index (κ1) is 26.3. The number of carbonyl (C=O) groups excluding carboxylic acids is 1. The van der Waals surface area contributed by atoms with Crippen LogP contribution in [0.4, 0.5) is 5.69 Å². The summed E-state index contributed by atoms with van der Waals surface area (Å²) in [6.07, 6.45) is 2.46. The van der Waals surface area contributed by atoms with E-state index in [2.05, 4.69) is 10.3 Å². The molecule has 3 N–H and O–H groups in total. The van der Waals surface area contributed by atoms with Crippen molar-refractivity contribution in [2.75, 3.05) is 5.32 Å². The van der Waals surface area contributed by atoms with Gasteiger partial charge in [-0.3, -0.25) is 4.79 Å². The van der Waals surface area contributed by atoms with Crippen molar-refractivity contribution in [1.29, 1.82) is 0 Å². The molecule has 1 amide bonds. The minimum absolute atomic E-state index is 0.0385. The zero-order chi connectivity index (χ0) is 26.5. The van der Waals surface area contributed by atoms with Gasteiger partial charge in [0.15, 0.2) is 0 Å². The fourth-order valence-electron chi connectivity index (χ4n) is 4.44. The van der Waals surface area contributed by atoms with Gasteiger partial charge in [-0.15, -0.1) is 0 Å². The number of rotatable bonds is 10. The van der Waals surface area contributed by atoms with Crippen LogP contribution in [0.1, 0.15) is 61.6 Å². The summed E-state index contributed by atoms with van der Waals surface area (Å²) >= 11 is 6.25. The van der Waals surface area contributed by atoms with Crippen molar-refractivity contribution >= 4 is 40.1 Å². The largest absolute Gasteiger partial charge is 0.491 e. The lowest BCUT2D eigenvalue weighted by molar-refractivity contribution is -0.116. The van der Waals surface area contributed by atoms with E-state index in [9.17, 15) is 14.7 Å². The van der Waals surface area contributed by atoms with Crippen molar-refractivity contribution in [1.82, 2.24) is 4.98 Å². The average Bonchev–Trinajstić information content (AvgIpc) is 3.21. The molecule has 4 aromatic rings. The van der Waals surface area contributed by atoms with Crippen LogP contribution in [0.2, 0.25) is 5.02 Å². The van der Waals surface area contributed by atoms with Crippen molar-refractivity contribution in [3.63, 3.8) is 0 Å². The predicted molar refractivity (Wildman–Crippen MR) is 149 cm³/mol. The number of carboxylic acid groups (broad SMARTS) is 1. The summed E-state index contributed by atoms with van der Waals surface area (Å²) in [5, 5.41) is 14.1. The van der Waals surface area contributed by atoms with Crippen molar-refractivity contribution in [2.24, 2.45) is 0 Å². The molecule has 0 aliphatic carbocycles. The van der Waals surface area contributed by atoms with Crippen LogP contribution in [-0.4, -0.2) is 28.1 Å². The molecule has 0 aliphatic rings. The molecule has 1 heterocycles. The molecule has 0 saturated carbocycles. The highest BCUT2D eigenvalue weighted by Gasteiger charge is 2.22. The molecule has 0 atom stereocenters. The Morgan fingerprint density at radius 1 is 1.05 bits per heavy atom. The van der Waals surface area contributed by atoms with Gasteiger partial charge < -0.3 is 20.1 Å². The molecule has 0 spiro atoms. The summed E-state index contributed by atoms with van der Waals surface area (Å²) in [5.41, 5.74) is 4.58. The number of halogens is 1. The number of hydrogen-bond donors (Lipinski definition) is 3. The number of unbranched alkanes of at least 4 members (excludes halogenated alkanes) is 1. The van der Waals surface area contributed by atoms with Crippen molar-refractivity contribution in [3.8, 4) is 16.9 Å². The van der Waals surface area contributed by atoms with E-state index in [1.54, 1.807) is 0 Å². The molecule has 0 radical (unpaired) electrons. The van der Waals surface area contributed by atoms with Gasteiger partial charge in [0.25, 0.3) is 0 Å². The van der Waals surface area contributed by atoms with Gasteiger partial charge in [0.1, 0.15) is 11.4 Å². The highest BCUT2D eigenvalue weighted by molar-refractivity contribution is 6.30. The maximum Gasteiger partial charge on any atom is 0.354 e. The summed E-state index contributed by atoms with van der Waals surface area (Å²) in [4.78, 5) is 27.9. The highest BCUT2D eigenvalue weighted by atomic mass is 35.5. The van der Waals surface area contributed by atoms with Crippen LogP contribution in [0.3, 0.4) is 0 Å². The summed E-state index contributed by atoms with van der Waals surface area (Å²) < 4.78 is 5.89. The number of carboxylic acids is 1. The van der Waals surface area contributed by atoms with Gasteiger partial charge in [0, 0.05) is 22.3 Å². The number of nitrogens with one attached hydrogen (secondary N) is 2. The second-order valence-electron chi connectivity index (χ2n) is 9.39. The van der Waals surface area contributed by atoms with Gasteiger partial charge in [0.05, 0.1) is 11.8 Å². The number of aromatic carboxylic acids is 1.